The second-order valence-electron chi connectivity index (χ2n) is 14.4. The molecule has 2 saturated carbocycles. The first kappa shape index (κ1) is 31.3. The van der Waals surface area contributed by atoms with E-state index >= 15 is 0 Å². The molecule has 0 N–H and O–H groups in total. The third-order valence-corrected chi connectivity index (χ3v) is 10.6. The largest absolute Gasteiger partial charge is 0.497 e. The summed E-state index contributed by atoms with van der Waals surface area (Å²) in [6, 6.07) is 6.86. The molecular formula is C35H44N4O6. The van der Waals surface area contributed by atoms with Gasteiger partial charge < -0.3 is 23.9 Å². The van der Waals surface area contributed by atoms with Crippen molar-refractivity contribution in [1.29, 1.82) is 5.26 Å². The summed E-state index contributed by atoms with van der Waals surface area (Å²) in [5.74, 6) is 0.718. The van der Waals surface area contributed by atoms with Gasteiger partial charge in [0, 0.05) is 18.4 Å². The second kappa shape index (κ2) is 12.6. The fourth-order valence-corrected chi connectivity index (χ4v) is 7.93. The minimum atomic E-state index is -0.867. The zero-order valence-corrected chi connectivity index (χ0v) is 26.7. The summed E-state index contributed by atoms with van der Waals surface area (Å²) >= 11 is 0. The molecule has 10 heteroatoms. The van der Waals surface area contributed by atoms with Gasteiger partial charge in [0.05, 0.1) is 49.1 Å². The van der Waals surface area contributed by atoms with Gasteiger partial charge in [0.1, 0.15) is 29.9 Å². The van der Waals surface area contributed by atoms with E-state index in [4.69, 9.17) is 24.2 Å². The molecule has 6 rings (SSSR count). The van der Waals surface area contributed by atoms with E-state index in [2.05, 4.69) is 6.07 Å². The SMILES string of the molecule is COc1ccc2nc3c(nc2c1)O[C@H]1CN(C(=O)[C@H](C(C)(C)C)CC(=O)O[C@@H]2CC4CC4[C@H]2CCCCC3)[C@H](C=O)[C@@H]1CC#N. The Morgan fingerprint density at radius 1 is 1.07 bits per heavy atom. The molecule has 10 nitrogen and oxygen atoms in total. The van der Waals surface area contributed by atoms with Gasteiger partial charge in [-0.1, -0.05) is 33.6 Å². The maximum absolute atomic E-state index is 14.3. The van der Waals surface area contributed by atoms with Crippen molar-refractivity contribution in [2.24, 2.45) is 35.0 Å². The quantitative estimate of drug-likeness (QED) is 0.343. The van der Waals surface area contributed by atoms with E-state index in [0.29, 0.717) is 41.3 Å². The lowest BCUT2D eigenvalue weighted by Gasteiger charge is -2.34. The molecule has 4 aliphatic rings. The van der Waals surface area contributed by atoms with Crippen LogP contribution in [0.4, 0.5) is 0 Å². The first-order chi connectivity index (χ1) is 21.6. The van der Waals surface area contributed by atoms with Crippen molar-refractivity contribution in [3.8, 4) is 17.7 Å². The van der Waals surface area contributed by atoms with E-state index in [1.165, 1.54) is 11.3 Å². The average molecular weight is 617 g/mol. The highest BCUT2D eigenvalue weighted by Gasteiger charge is 2.55. The molecule has 8 atom stereocenters. The molecule has 1 aromatic heterocycles. The van der Waals surface area contributed by atoms with Crippen molar-refractivity contribution in [2.75, 3.05) is 13.7 Å². The lowest BCUT2D eigenvalue weighted by molar-refractivity contribution is -0.158. The molecule has 2 bridgehead atoms. The lowest BCUT2D eigenvalue weighted by atomic mass is 9.77. The van der Waals surface area contributed by atoms with Crippen molar-refractivity contribution in [2.45, 2.75) is 96.8 Å². The summed E-state index contributed by atoms with van der Waals surface area (Å²) < 4.78 is 18.1. The summed E-state index contributed by atoms with van der Waals surface area (Å²) in [6.45, 7) is 5.89. The van der Waals surface area contributed by atoms with Crippen LogP contribution in [-0.4, -0.2) is 64.9 Å². The maximum Gasteiger partial charge on any atom is 0.306 e. The summed E-state index contributed by atoms with van der Waals surface area (Å²) in [7, 11) is 1.59. The number of aromatic nitrogens is 2. The topological polar surface area (TPSA) is 132 Å². The van der Waals surface area contributed by atoms with Gasteiger partial charge in [0.15, 0.2) is 0 Å². The second-order valence-corrected chi connectivity index (χ2v) is 14.4. The van der Waals surface area contributed by atoms with E-state index in [9.17, 15) is 19.6 Å². The molecule has 0 spiro atoms. The number of aryl methyl sites for hydroxylation is 1. The van der Waals surface area contributed by atoms with Crippen LogP contribution in [0.25, 0.3) is 11.0 Å². The van der Waals surface area contributed by atoms with E-state index in [-0.39, 0.29) is 37.4 Å². The van der Waals surface area contributed by atoms with Gasteiger partial charge in [0.2, 0.25) is 11.8 Å². The Bertz CT molecular complexity index is 1500. The Morgan fingerprint density at radius 2 is 1.89 bits per heavy atom. The molecule has 2 aliphatic carbocycles. The van der Waals surface area contributed by atoms with Gasteiger partial charge in [-0.3, -0.25) is 9.59 Å². The van der Waals surface area contributed by atoms with E-state index in [1.54, 1.807) is 13.2 Å². The van der Waals surface area contributed by atoms with Crippen LogP contribution in [0.5, 0.6) is 11.6 Å². The van der Waals surface area contributed by atoms with Crippen molar-refractivity contribution in [3.05, 3.63) is 23.9 Å². The molecule has 45 heavy (non-hydrogen) atoms. The highest BCUT2D eigenvalue weighted by molar-refractivity contribution is 5.87. The Hall–Kier alpha value is -3.74. The molecule has 2 unspecified atom stereocenters. The molecule has 3 heterocycles. The molecule has 1 saturated heterocycles. The number of aldehydes is 1. The normalized spacial score (nSPS) is 32.2. The number of rotatable bonds is 3. The summed E-state index contributed by atoms with van der Waals surface area (Å²) in [5, 5.41) is 9.74. The third-order valence-electron chi connectivity index (χ3n) is 10.6. The Morgan fingerprint density at radius 3 is 2.62 bits per heavy atom. The number of ether oxygens (including phenoxy) is 3. The summed E-state index contributed by atoms with van der Waals surface area (Å²) in [6.07, 6.45) is 6.65. The lowest BCUT2D eigenvalue weighted by Crippen LogP contribution is -2.46. The summed E-state index contributed by atoms with van der Waals surface area (Å²) in [4.78, 5) is 51.5. The predicted octanol–water partition coefficient (Wildman–Crippen LogP) is 5.06. The van der Waals surface area contributed by atoms with Crippen LogP contribution in [0.3, 0.4) is 0 Å². The van der Waals surface area contributed by atoms with Crippen LogP contribution in [-0.2, 0) is 25.5 Å². The van der Waals surface area contributed by atoms with E-state index < -0.39 is 29.4 Å². The van der Waals surface area contributed by atoms with Crippen LogP contribution in [0.15, 0.2) is 18.2 Å². The predicted molar refractivity (Wildman–Crippen MR) is 165 cm³/mol. The number of nitrogens with zero attached hydrogens (tertiary/aromatic N) is 4. The number of esters is 1. The van der Waals surface area contributed by atoms with E-state index in [0.717, 1.165) is 49.6 Å². The molecule has 240 valence electrons. The number of amides is 1. The number of fused-ring (bicyclic) bond motifs is 7. The highest BCUT2D eigenvalue weighted by atomic mass is 16.5. The van der Waals surface area contributed by atoms with Gasteiger partial charge >= 0.3 is 5.97 Å². The number of nitriles is 1. The molecular weight excluding hydrogens is 572 g/mol. The van der Waals surface area contributed by atoms with Crippen LogP contribution in [0.2, 0.25) is 0 Å². The Labute approximate surface area is 264 Å². The number of hydrogen-bond donors (Lipinski definition) is 0. The molecule has 3 fully saturated rings. The molecule has 0 radical (unpaired) electrons. The van der Waals surface area contributed by atoms with Crippen LogP contribution in [0.1, 0.15) is 77.8 Å². The minimum absolute atomic E-state index is 0.0235. The molecule has 2 aliphatic heterocycles. The Balaban J connectivity index is 1.37. The van der Waals surface area contributed by atoms with Crippen molar-refractivity contribution in [1.82, 2.24) is 14.9 Å². The van der Waals surface area contributed by atoms with Crippen LogP contribution < -0.4 is 9.47 Å². The number of methoxy groups -OCH3 is 1. The standard InChI is InChI=1S/C35H44N4O6/c1-35(2,3)25-17-32(41)44-30-15-20-14-24(20)22(30)8-6-5-7-9-27-33(38-28-16-21(43-4)10-11-26(28)37-27)45-31-18-39(34(25)42)29(19-40)23(31)12-13-36/h10-11,16,19-20,22-25,29-31H,5-9,12,14-15,17-18H2,1-4H3/t20?,22-,23+,24?,25-,29-,30-,31+/m1/s1. The maximum atomic E-state index is 14.3. The Kier molecular flexibility index (Phi) is 8.73. The van der Waals surface area contributed by atoms with Crippen LogP contribution in [0, 0.1) is 46.3 Å². The first-order valence-electron chi connectivity index (χ1n) is 16.4. The highest BCUT2D eigenvalue weighted by Crippen LogP contribution is 2.58. The van der Waals surface area contributed by atoms with Gasteiger partial charge in [-0.15, -0.1) is 0 Å². The zero-order chi connectivity index (χ0) is 31.9. The summed E-state index contributed by atoms with van der Waals surface area (Å²) in [5.41, 5.74) is 1.49. The van der Waals surface area contributed by atoms with E-state index in [1.807, 2.05) is 32.9 Å². The number of carbonyl (C=O) groups is 3. The van der Waals surface area contributed by atoms with Gasteiger partial charge in [-0.25, -0.2) is 9.97 Å². The molecule has 2 aromatic rings. The van der Waals surface area contributed by atoms with Gasteiger partial charge in [-0.2, -0.15) is 5.26 Å². The fourth-order valence-electron chi connectivity index (χ4n) is 7.93. The zero-order valence-electron chi connectivity index (χ0n) is 26.7. The number of carbonyl (C=O) groups excluding carboxylic acids is 3. The first-order valence-corrected chi connectivity index (χ1v) is 16.4. The van der Waals surface area contributed by atoms with Crippen molar-refractivity contribution < 1.29 is 28.6 Å². The van der Waals surface area contributed by atoms with Crippen LogP contribution >= 0.6 is 0 Å². The fraction of sp³-hybridized carbons (Fsp3) is 0.657. The average Bonchev–Trinajstić information content (AvgIpc) is 3.56. The smallest absolute Gasteiger partial charge is 0.306 e. The minimum Gasteiger partial charge on any atom is -0.497 e. The van der Waals surface area contributed by atoms with Crippen molar-refractivity contribution >= 4 is 29.2 Å². The number of benzene rings is 1. The third kappa shape index (κ3) is 6.36. The van der Waals surface area contributed by atoms with Crippen molar-refractivity contribution in [3.63, 3.8) is 0 Å². The molecule has 1 amide bonds. The number of hydrogen-bond acceptors (Lipinski definition) is 9. The van der Waals surface area contributed by atoms with Gasteiger partial charge in [0.25, 0.3) is 0 Å². The van der Waals surface area contributed by atoms with Gasteiger partial charge in [-0.05, 0) is 67.4 Å². The monoisotopic (exact) mass is 616 g/mol. The molecule has 1 aromatic carbocycles.